The minimum absolute atomic E-state index is 0.915. The molecule has 0 radical (unpaired) electrons. The Morgan fingerprint density at radius 1 is 0.298 bits per heavy atom. The van der Waals surface area contributed by atoms with Crippen LogP contribution in [0.1, 0.15) is 0 Å². The molecule has 0 unspecified atom stereocenters. The summed E-state index contributed by atoms with van der Waals surface area (Å²) in [5.74, 6) is 0. The zero-order chi connectivity index (χ0) is 30.6. The summed E-state index contributed by atoms with van der Waals surface area (Å²) < 4.78 is 6.39. The van der Waals surface area contributed by atoms with Gasteiger partial charge in [0, 0.05) is 10.8 Å². The lowest BCUT2D eigenvalue weighted by Gasteiger charge is -2.20. The highest BCUT2D eigenvalue weighted by atomic mass is 16.3. The van der Waals surface area contributed by atoms with E-state index in [9.17, 15) is 0 Å². The Balaban J connectivity index is 1.24. The molecule has 0 bridgehead atoms. The fourth-order valence-electron chi connectivity index (χ4n) is 8.30. The van der Waals surface area contributed by atoms with Crippen LogP contribution in [0.15, 0.2) is 162 Å². The first-order valence-electron chi connectivity index (χ1n) is 16.3. The molecular weight excluding hydrogens is 569 g/mol. The van der Waals surface area contributed by atoms with Gasteiger partial charge in [-0.1, -0.05) is 133 Å². The van der Waals surface area contributed by atoms with Crippen molar-refractivity contribution in [2.45, 2.75) is 0 Å². The van der Waals surface area contributed by atoms with Gasteiger partial charge in [-0.2, -0.15) is 0 Å². The molecule has 0 aliphatic carbocycles. The highest BCUT2D eigenvalue weighted by molar-refractivity contribution is 6.29. The predicted octanol–water partition coefficient (Wildman–Crippen LogP) is 13.3. The van der Waals surface area contributed by atoms with Crippen LogP contribution >= 0.6 is 0 Å². The van der Waals surface area contributed by atoms with Gasteiger partial charge in [0.15, 0.2) is 0 Å². The van der Waals surface area contributed by atoms with Crippen LogP contribution in [0.5, 0.6) is 0 Å². The van der Waals surface area contributed by atoms with Crippen molar-refractivity contribution in [2.75, 3.05) is 0 Å². The summed E-state index contributed by atoms with van der Waals surface area (Å²) >= 11 is 0. The van der Waals surface area contributed by atoms with Crippen molar-refractivity contribution < 1.29 is 4.42 Å². The van der Waals surface area contributed by atoms with Crippen molar-refractivity contribution in [3.8, 4) is 22.3 Å². The van der Waals surface area contributed by atoms with Crippen LogP contribution in [0.2, 0.25) is 0 Å². The van der Waals surface area contributed by atoms with Gasteiger partial charge in [0.1, 0.15) is 11.2 Å². The molecule has 10 aromatic carbocycles. The van der Waals surface area contributed by atoms with Gasteiger partial charge in [-0.05, 0) is 111 Å². The number of benzene rings is 10. The summed E-state index contributed by atoms with van der Waals surface area (Å²) in [6, 6.07) is 58.0. The Kier molecular flexibility index (Phi) is 4.90. The summed E-state index contributed by atoms with van der Waals surface area (Å²) in [5, 5.41) is 17.6. The topological polar surface area (TPSA) is 13.1 Å². The number of hydrogen-bond donors (Lipinski definition) is 0. The largest absolute Gasteiger partial charge is 0.456 e. The van der Waals surface area contributed by atoms with Crippen LogP contribution < -0.4 is 0 Å². The first-order chi connectivity index (χ1) is 23.3. The van der Waals surface area contributed by atoms with Crippen molar-refractivity contribution in [3.63, 3.8) is 0 Å². The van der Waals surface area contributed by atoms with Crippen LogP contribution in [-0.2, 0) is 0 Å². The third-order valence-electron chi connectivity index (χ3n) is 10.4. The first kappa shape index (κ1) is 25.1. The van der Waals surface area contributed by atoms with E-state index >= 15 is 0 Å². The molecule has 0 amide bonds. The molecule has 0 fully saturated rings. The van der Waals surface area contributed by atoms with Crippen molar-refractivity contribution in [1.29, 1.82) is 0 Å². The maximum absolute atomic E-state index is 6.39. The lowest BCUT2D eigenvalue weighted by Crippen LogP contribution is -1.92. The van der Waals surface area contributed by atoms with Crippen molar-refractivity contribution in [2.24, 2.45) is 0 Å². The minimum atomic E-state index is 0.915. The molecule has 47 heavy (non-hydrogen) atoms. The molecule has 11 aromatic rings. The Bertz CT molecular complexity index is 3000. The molecular formula is C46H26O. The zero-order valence-electron chi connectivity index (χ0n) is 25.4. The molecule has 0 aliphatic heterocycles. The quantitative estimate of drug-likeness (QED) is 0.143. The molecule has 216 valence electrons. The monoisotopic (exact) mass is 594 g/mol. The van der Waals surface area contributed by atoms with Gasteiger partial charge >= 0.3 is 0 Å². The van der Waals surface area contributed by atoms with E-state index in [1.165, 1.54) is 86.9 Å². The van der Waals surface area contributed by atoms with Gasteiger partial charge in [0.25, 0.3) is 0 Å². The van der Waals surface area contributed by atoms with Crippen molar-refractivity contribution in [3.05, 3.63) is 158 Å². The lowest BCUT2D eigenvalue weighted by molar-refractivity contribution is 0.669. The van der Waals surface area contributed by atoms with Crippen molar-refractivity contribution >= 4 is 86.6 Å². The maximum Gasteiger partial charge on any atom is 0.136 e. The van der Waals surface area contributed by atoms with Crippen LogP contribution in [0.4, 0.5) is 0 Å². The Morgan fingerprint density at radius 3 is 1.57 bits per heavy atom. The fourth-order valence-corrected chi connectivity index (χ4v) is 8.30. The number of fused-ring (bicyclic) bond motifs is 6. The highest BCUT2D eigenvalue weighted by Crippen LogP contribution is 2.48. The highest BCUT2D eigenvalue weighted by Gasteiger charge is 2.20. The molecule has 0 N–H and O–H groups in total. The Hall–Kier alpha value is -6.18. The lowest BCUT2D eigenvalue weighted by atomic mass is 9.83. The Labute approximate surface area is 270 Å². The second-order valence-electron chi connectivity index (χ2n) is 12.8. The fraction of sp³-hybridized carbons (Fsp3) is 0. The van der Waals surface area contributed by atoms with E-state index in [1.54, 1.807) is 0 Å². The summed E-state index contributed by atoms with van der Waals surface area (Å²) in [6.07, 6.45) is 0. The first-order valence-corrected chi connectivity index (χ1v) is 16.3. The predicted molar refractivity (Wildman–Crippen MR) is 201 cm³/mol. The molecule has 0 saturated heterocycles. The second kappa shape index (κ2) is 9.19. The standard InChI is InChI=1S/C46H26O/c1-2-9-31-26-42-40(24-30(31)8-1)39-25-32(20-23-41(39)47-42)44-33-12-3-5-14-35(33)46(36-15-6-4-13-34(36)44)38-22-19-29-17-16-27-10-7-11-28-18-21-37(38)45(29)43(27)28/h1-26H. The third-order valence-corrected chi connectivity index (χ3v) is 10.4. The molecule has 0 spiro atoms. The van der Waals surface area contributed by atoms with Gasteiger partial charge < -0.3 is 4.42 Å². The van der Waals surface area contributed by atoms with E-state index in [2.05, 4.69) is 158 Å². The average Bonchev–Trinajstić information content (AvgIpc) is 3.48. The van der Waals surface area contributed by atoms with E-state index in [1.807, 2.05) is 0 Å². The van der Waals surface area contributed by atoms with Gasteiger partial charge in [-0.25, -0.2) is 0 Å². The van der Waals surface area contributed by atoms with Crippen LogP contribution in [0.25, 0.3) is 109 Å². The van der Waals surface area contributed by atoms with Crippen LogP contribution in [0.3, 0.4) is 0 Å². The molecule has 11 rings (SSSR count). The zero-order valence-corrected chi connectivity index (χ0v) is 25.4. The van der Waals surface area contributed by atoms with Gasteiger partial charge in [-0.15, -0.1) is 0 Å². The second-order valence-corrected chi connectivity index (χ2v) is 12.8. The summed E-state index contributed by atoms with van der Waals surface area (Å²) in [7, 11) is 0. The number of furan rings is 1. The maximum atomic E-state index is 6.39. The summed E-state index contributed by atoms with van der Waals surface area (Å²) in [6.45, 7) is 0. The van der Waals surface area contributed by atoms with E-state index < -0.39 is 0 Å². The minimum Gasteiger partial charge on any atom is -0.456 e. The summed E-state index contributed by atoms with van der Waals surface area (Å²) in [5.41, 5.74) is 6.86. The van der Waals surface area contributed by atoms with Gasteiger partial charge in [-0.3, -0.25) is 0 Å². The Morgan fingerprint density at radius 2 is 0.851 bits per heavy atom. The van der Waals surface area contributed by atoms with Gasteiger partial charge in [0.05, 0.1) is 0 Å². The SMILES string of the molecule is c1ccc2cc3c(cc2c1)oc1ccc(-c2c4ccccc4c(-c4ccc5ccc6cccc7ccc4c5c67)c4ccccc24)cc13. The molecule has 1 aromatic heterocycles. The van der Waals surface area contributed by atoms with E-state index in [4.69, 9.17) is 4.42 Å². The summed E-state index contributed by atoms with van der Waals surface area (Å²) in [4.78, 5) is 0. The number of hydrogen-bond acceptors (Lipinski definition) is 1. The smallest absolute Gasteiger partial charge is 0.136 e. The third kappa shape index (κ3) is 3.43. The number of rotatable bonds is 2. The molecule has 1 heterocycles. The van der Waals surface area contributed by atoms with E-state index in [0.717, 1.165) is 21.9 Å². The average molecular weight is 595 g/mol. The molecule has 0 saturated carbocycles. The molecule has 0 atom stereocenters. The van der Waals surface area contributed by atoms with Crippen LogP contribution in [-0.4, -0.2) is 0 Å². The molecule has 1 nitrogen and oxygen atoms in total. The van der Waals surface area contributed by atoms with E-state index in [-0.39, 0.29) is 0 Å². The molecule has 1 heteroatoms. The molecule has 0 aliphatic rings. The normalized spacial score (nSPS) is 12.3. The van der Waals surface area contributed by atoms with E-state index in [0.29, 0.717) is 0 Å². The van der Waals surface area contributed by atoms with Gasteiger partial charge in [0.2, 0.25) is 0 Å². The van der Waals surface area contributed by atoms with Crippen molar-refractivity contribution in [1.82, 2.24) is 0 Å². The van der Waals surface area contributed by atoms with Crippen LogP contribution in [0, 0.1) is 0 Å².